The van der Waals surface area contributed by atoms with Crippen LogP contribution in [0.4, 0.5) is 5.69 Å². The molecular formula is C27H44N6O4. The molecule has 0 saturated carbocycles. The predicted octanol–water partition coefficient (Wildman–Crippen LogP) is 0.908. The first-order valence-electron chi connectivity index (χ1n) is 13.5. The number of anilines is 1. The summed E-state index contributed by atoms with van der Waals surface area (Å²) in [7, 11) is 1.85. The molecule has 3 rings (SSSR count). The highest BCUT2D eigenvalue weighted by atomic mass is 16.5. The van der Waals surface area contributed by atoms with E-state index in [2.05, 4.69) is 20.4 Å². The van der Waals surface area contributed by atoms with E-state index in [4.69, 9.17) is 10.5 Å². The third kappa shape index (κ3) is 8.86. The Hall–Kier alpha value is -2.37. The average Bonchev–Trinajstić information content (AvgIpc) is 2.87. The molecule has 10 heteroatoms. The molecule has 0 aromatic heterocycles. The lowest BCUT2D eigenvalue weighted by molar-refractivity contribution is -0.129. The Balaban J connectivity index is 1.45. The molecular weight excluding hydrogens is 472 g/mol. The van der Waals surface area contributed by atoms with Crippen LogP contribution in [0.2, 0.25) is 0 Å². The van der Waals surface area contributed by atoms with Crippen molar-refractivity contribution in [1.29, 1.82) is 0 Å². The maximum atomic E-state index is 12.4. The number of hydrogen-bond donors (Lipinski definition) is 3. The number of nitrogens with one attached hydrogen (secondary N) is 2. The summed E-state index contributed by atoms with van der Waals surface area (Å²) in [6, 6.07) is 5.84. The largest absolute Gasteiger partial charge is 0.379 e. The molecule has 2 fully saturated rings. The van der Waals surface area contributed by atoms with Gasteiger partial charge < -0.3 is 20.7 Å². The van der Waals surface area contributed by atoms with Gasteiger partial charge in [-0.2, -0.15) is 0 Å². The number of carbonyl (C=O) groups is 3. The fraction of sp³-hybridized carbons (Fsp3) is 0.667. The lowest BCUT2D eigenvalue weighted by atomic mass is 10.0. The summed E-state index contributed by atoms with van der Waals surface area (Å²) in [4.78, 5) is 41.7. The molecule has 0 spiro atoms. The molecule has 2 aliphatic heterocycles. The highest BCUT2D eigenvalue weighted by Gasteiger charge is 2.28. The zero-order valence-corrected chi connectivity index (χ0v) is 22.4. The molecule has 1 atom stereocenters. The van der Waals surface area contributed by atoms with Crippen LogP contribution in [0.25, 0.3) is 0 Å². The summed E-state index contributed by atoms with van der Waals surface area (Å²) in [6.07, 6.45) is 4.85. The van der Waals surface area contributed by atoms with E-state index in [1.807, 2.05) is 31.0 Å². The SMILES string of the molecule is CCCC(C(=O)NC=O)N(C)Cc1c(C=O)cccc1NC1CN(CCOCCN2CCC(N)CC2)C1. The number of piperidine rings is 1. The van der Waals surface area contributed by atoms with Gasteiger partial charge in [0.25, 0.3) is 0 Å². The first-order chi connectivity index (χ1) is 17.9. The van der Waals surface area contributed by atoms with Crippen LogP contribution >= 0.6 is 0 Å². The summed E-state index contributed by atoms with van der Waals surface area (Å²) in [5.41, 5.74) is 8.33. The molecule has 37 heavy (non-hydrogen) atoms. The minimum atomic E-state index is -0.450. The second-order valence-electron chi connectivity index (χ2n) is 10.2. The number of aldehydes is 1. The average molecular weight is 517 g/mol. The van der Waals surface area contributed by atoms with E-state index in [9.17, 15) is 14.4 Å². The van der Waals surface area contributed by atoms with Crippen molar-refractivity contribution < 1.29 is 19.1 Å². The number of carbonyl (C=O) groups excluding carboxylic acids is 3. The second-order valence-corrected chi connectivity index (χ2v) is 10.2. The fourth-order valence-electron chi connectivity index (χ4n) is 5.10. The van der Waals surface area contributed by atoms with Gasteiger partial charge in [0.1, 0.15) is 6.29 Å². The normalized spacial score (nSPS) is 18.4. The van der Waals surface area contributed by atoms with Crippen LogP contribution in [0.3, 0.4) is 0 Å². The molecule has 1 aromatic rings. The highest BCUT2D eigenvalue weighted by molar-refractivity contribution is 5.90. The third-order valence-corrected chi connectivity index (χ3v) is 7.40. The summed E-state index contributed by atoms with van der Waals surface area (Å²) in [5, 5.41) is 5.86. The molecule has 1 unspecified atom stereocenters. The Morgan fingerprint density at radius 3 is 2.54 bits per heavy atom. The van der Waals surface area contributed by atoms with Crippen LogP contribution in [0.15, 0.2) is 18.2 Å². The molecule has 10 nitrogen and oxygen atoms in total. The van der Waals surface area contributed by atoms with Gasteiger partial charge in [0.15, 0.2) is 0 Å². The quantitative estimate of drug-likeness (QED) is 0.217. The number of benzene rings is 1. The van der Waals surface area contributed by atoms with E-state index >= 15 is 0 Å². The van der Waals surface area contributed by atoms with Crippen LogP contribution in [0.5, 0.6) is 0 Å². The van der Waals surface area contributed by atoms with Gasteiger partial charge in [0.05, 0.1) is 25.3 Å². The van der Waals surface area contributed by atoms with Crippen molar-refractivity contribution in [2.24, 2.45) is 5.73 Å². The minimum Gasteiger partial charge on any atom is -0.379 e. The van der Waals surface area contributed by atoms with Crippen molar-refractivity contribution in [2.45, 2.75) is 57.3 Å². The molecule has 206 valence electrons. The van der Waals surface area contributed by atoms with Crippen LogP contribution in [-0.2, 0) is 20.9 Å². The fourth-order valence-corrected chi connectivity index (χ4v) is 5.10. The van der Waals surface area contributed by atoms with Crippen LogP contribution < -0.4 is 16.4 Å². The highest BCUT2D eigenvalue weighted by Crippen LogP contribution is 2.25. The van der Waals surface area contributed by atoms with Gasteiger partial charge >= 0.3 is 0 Å². The first-order valence-corrected chi connectivity index (χ1v) is 13.5. The lowest BCUT2D eigenvalue weighted by Crippen LogP contribution is -2.55. The van der Waals surface area contributed by atoms with E-state index in [0.717, 1.165) is 89.3 Å². The molecule has 2 aliphatic rings. The zero-order chi connectivity index (χ0) is 26.6. The van der Waals surface area contributed by atoms with Gasteiger partial charge in [0.2, 0.25) is 12.3 Å². The second kappa shape index (κ2) is 15.1. The number of nitrogens with two attached hydrogens (primary N) is 1. The van der Waals surface area contributed by atoms with E-state index in [0.29, 0.717) is 31.0 Å². The topological polar surface area (TPSA) is 120 Å². The van der Waals surface area contributed by atoms with E-state index in [-0.39, 0.29) is 11.9 Å². The monoisotopic (exact) mass is 516 g/mol. The van der Waals surface area contributed by atoms with Gasteiger partial charge in [-0.25, -0.2) is 0 Å². The van der Waals surface area contributed by atoms with E-state index < -0.39 is 6.04 Å². The van der Waals surface area contributed by atoms with Gasteiger partial charge in [-0.05, 0) is 51.0 Å². The maximum Gasteiger partial charge on any atom is 0.243 e. The number of likely N-dealkylation sites (tertiary alicyclic amines) is 2. The minimum absolute atomic E-state index is 0.285. The van der Waals surface area contributed by atoms with Crippen molar-refractivity contribution in [3.63, 3.8) is 0 Å². The number of nitrogens with zero attached hydrogens (tertiary/aromatic N) is 3. The van der Waals surface area contributed by atoms with Gasteiger partial charge in [-0.1, -0.05) is 25.5 Å². The molecule has 2 heterocycles. The summed E-state index contributed by atoms with van der Waals surface area (Å²) in [5.74, 6) is -0.325. The molecule has 1 aromatic carbocycles. The van der Waals surface area contributed by atoms with Crippen molar-refractivity contribution >= 4 is 24.3 Å². The van der Waals surface area contributed by atoms with Crippen LogP contribution in [0, 0.1) is 0 Å². The van der Waals surface area contributed by atoms with Gasteiger partial charge in [-0.3, -0.25) is 29.5 Å². The Morgan fingerprint density at radius 1 is 1.19 bits per heavy atom. The van der Waals surface area contributed by atoms with Crippen molar-refractivity contribution in [1.82, 2.24) is 20.0 Å². The summed E-state index contributed by atoms with van der Waals surface area (Å²) in [6.45, 7) is 9.72. The molecule has 0 aliphatic carbocycles. The number of rotatable bonds is 16. The number of imide groups is 1. The molecule has 2 saturated heterocycles. The Bertz CT molecular complexity index is 870. The van der Waals surface area contributed by atoms with Crippen LogP contribution in [-0.4, -0.2) is 111 Å². The Kier molecular flexibility index (Phi) is 11.9. The number of amides is 2. The third-order valence-electron chi connectivity index (χ3n) is 7.40. The van der Waals surface area contributed by atoms with Gasteiger partial charge in [0, 0.05) is 50.0 Å². The number of likely N-dealkylation sites (N-methyl/N-ethyl adjacent to an activating group) is 1. The summed E-state index contributed by atoms with van der Waals surface area (Å²) < 4.78 is 5.86. The van der Waals surface area contributed by atoms with Gasteiger partial charge in [-0.15, -0.1) is 0 Å². The van der Waals surface area contributed by atoms with E-state index in [1.54, 1.807) is 6.07 Å². The lowest BCUT2D eigenvalue weighted by Gasteiger charge is -2.40. The van der Waals surface area contributed by atoms with Crippen molar-refractivity contribution in [3.05, 3.63) is 29.3 Å². The Labute approximate surface area is 220 Å². The van der Waals surface area contributed by atoms with E-state index in [1.165, 1.54) is 0 Å². The standard InChI is InChI=1S/C27H44N6O4/c1-3-5-26(27(36)29-20-35)31(2)18-24-21(19-34)6-4-7-25(24)30-23-16-33(17-23)13-15-37-14-12-32-10-8-22(28)9-11-32/h4,6-7,19-20,22-23,26,30H,3,5,8-18,28H2,1-2H3,(H,29,35,36). The first kappa shape index (κ1) is 29.2. The maximum absolute atomic E-state index is 12.4. The number of ether oxygens (including phenoxy) is 1. The molecule has 0 radical (unpaired) electrons. The number of hydrogen-bond acceptors (Lipinski definition) is 9. The molecule has 0 bridgehead atoms. The van der Waals surface area contributed by atoms with Crippen molar-refractivity contribution in [2.75, 3.05) is 64.8 Å². The van der Waals surface area contributed by atoms with Crippen molar-refractivity contribution in [3.8, 4) is 0 Å². The zero-order valence-electron chi connectivity index (χ0n) is 22.4. The molecule has 4 N–H and O–H groups in total. The summed E-state index contributed by atoms with van der Waals surface area (Å²) >= 11 is 0. The molecule has 2 amide bonds. The Morgan fingerprint density at radius 2 is 1.89 bits per heavy atom. The van der Waals surface area contributed by atoms with Crippen LogP contribution in [0.1, 0.15) is 48.5 Å². The smallest absolute Gasteiger partial charge is 0.243 e. The predicted molar refractivity (Wildman–Crippen MR) is 145 cm³/mol.